The van der Waals surface area contributed by atoms with Crippen LogP contribution in [0.15, 0.2) is 0 Å². The summed E-state index contributed by atoms with van der Waals surface area (Å²) in [4.78, 5) is 137. The van der Waals surface area contributed by atoms with Gasteiger partial charge in [0.25, 0.3) is 0 Å². The van der Waals surface area contributed by atoms with Crippen molar-refractivity contribution < 1.29 is 78.3 Å². The number of hydrogen-bond acceptors (Lipinski definition) is 12. The van der Waals surface area contributed by atoms with E-state index in [4.69, 9.17) is 0 Å². The number of aliphatic carboxylic acids is 5. The number of carboxylic acid groups (broad SMARTS) is 5. The van der Waals surface area contributed by atoms with Crippen LogP contribution in [0.2, 0.25) is 0 Å². The summed E-state index contributed by atoms with van der Waals surface area (Å²) in [6.07, 6.45) is 0.754. The molecule has 0 unspecified atom stereocenters. The normalized spacial score (nSPS) is 16.0. The number of carboxylic acids is 5. The molecule has 1 aliphatic carbocycles. The molecule has 0 aliphatic heterocycles. The second kappa shape index (κ2) is 25.0. The predicted molar refractivity (Wildman–Crippen MR) is 202 cm³/mol. The predicted octanol–water partition coefficient (Wildman–Crippen LogP) is -1.54. The quantitative estimate of drug-likeness (QED) is 0.0347. The highest BCUT2D eigenvalue weighted by atomic mass is 32.1. The number of amides is 6. The average Bonchev–Trinajstić information content (AvgIpc) is 3.11. The molecule has 58 heavy (non-hydrogen) atoms. The minimum atomic E-state index is -2.30. The lowest BCUT2D eigenvalue weighted by Crippen LogP contribution is -2.60. The summed E-state index contributed by atoms with van der Waals surface area (Å²) in [5.41, 5.74) is 0. The van der Waals surface area contributed by atoms with E-state index < -0.39 is 139 Å². The van der Waals surface area contributed by atoms with Crippen LogP contribution in [0, 0.1) is 17.8 Å². The average molecular weight is 847 g/mol. The van der Waals surface area contributed by atoms with Gasteiger partial charge in [-0.25, -0.2) is 4.79 Å². The molecule has 1 aliphatic rings. The third-order valence-electron chi connectivity index (χ3n) is 9.12. The van der Waals surface area contributed by atoms with Crippen molar-refractivity contribution in [2.45, 2.75) is 128 Å². The Kier molecular flexibility index (Phi) is 21.8. The van der Waals surface area contributed by atoms with Gasteiger partial charge in [0.05, 0.1) is 6.42 Å². The summed E-state index contributed by atoms with van der Waals surface area (Å²) < 4.78 is 0. The molecule has 22 nitrogen and oxygen atoms in total. The fourth-order valence-electron chi connectivity index (χ4n) is 6.18. The maximum absolute atomic E-state index is 13.8. The van der Waals surface area contributed by atoms with Gasteiger partial charge in [-0.3, -0.25) is 47.9 Å². The molecule has 1 saturated carbocycles. The van der Waals surface area contributed by atoms with Crippen LogP contribution in [0.3, 0.4) is 0 Å². The topological polar surface area (TPSA) is 361 Å². The summed E-state index contributed by atoms with van der Waals surface area (Å²) in [5.74, 6) is -17.5. The van der Waals surface area contributed by atoms with E-state index in [1.165, 1.54) is 0 Å². The molecule has 1 rings (SSSR count). The van der Waals surface area contributed by atoms with Crippen LogP contribution in [0.5, 0.6) is 0 Å². The molecule has 1 fully saturated rings. The van der Waals surface area contributed by atoms with Crippen molar-refractivity contribution in [2.75, 3.05) is 5.75 Å². The minimum Gasteiger partial charge on any atom is -0.481 e. The first kappa shape index (κ1) is 50.5. The van der Waals surface area contributed by atoms with Crippen molar-refractivity contribution in [3.05, 3.63) is 0 Å². The van der Waals surface area contributed by atoms with E-state index >= 15 is 0 Å². The van der Waals surface area contributed by atoms with Crippen molar-refractivity contribution >= 4 is 77.9 Å². The number of carbonyl (C=O) groups excluding carboxylic acids is 6. The molecule has 0 spiro atoms. The summed E-state index contributed by atoms with van der Waals surface area (Å²) in [5, 5.41) is 60.7. The Morgan fingerprint density at radius 3 is 1.45 bits per heavy atom. The standard InChI is InChI=1S/C35H54N6O16S/c1-16(2)11-21(38-31(50)23(13-19(33(52)53)34(54)55)40-32(51)24(14-27(45)46)36-17(3)42)29(48)37-20(9-10-26(43)44)28(47)39-22(12-18-7-5-4-6-8-18)30(49)41-25(15-58)35(56)57/h16,18-25,58H,4-15H2,1-3H3,(H,36,42)(H,37,48)(H,38,50)(H,39,47)(H,40,51)(H,41,49)(H,43,44)(H,45,46)(H,52,53)(H,54,55)(H,56,57)/t20-,21-,22-,23-,24-,25-/m0/s1. The molecule has 23 heteroatoms. The van der Waals surface area contributed by atoms with Crippen LogP contribution in [0.1, 0.15) is 91.4 Å². The fourth-order valence-corrected chi connectivity index (χ4v) is 6.43. The largest absolute Gasteiger partial charge is 0.481 e. The third-order valence-corrected chi connectivity index (χ3v) is 9.48. The Bertz CT molecular complexity index is 1510. The first-order chi connectivity index (χ1) is 27.0. The van der Waals surface area contributed by atoms with Gasteiger partial charge in [0.1, 0.15) is 36.3 Å². The number of hydrogen-bond donors (Lipinski definition) is 12. The second-order valence-corrected chi connectivity index (χ2v) is 14.8. The molecule has 11 N–H and O–H groups in total. The number of thiol groups is 1. The van der Waals surface area contributed by atoms with Crippen molar-refractivity contribution in [3.8, 4) is 0 Å². The third kappa shape index (κ3) is 18.6. The van der Waals surface area contributed by atoms with Gasteiger partial charge in [-0.2, -0.15) is 12.6 Å². The summed E-state index contributed by atoms with van der Waals surface area (Å²) in [7, 11) is 0. The van der Waals surface area contributed by atoms with Crippen LogP contribution >= 0.6 is 12.6 Å². The second-order valence-electron chi connectivity index (χ2n) is 14.4. The smallest absolute Gasteiger partial charge is 0.327 e. The molecular formula is C35H54N6O16S. The van der Waals surface area contributed by atoms with E-state index in [1.807, 2.05) is 0 Å². The molecule has 0 aromatic carbocycles. The van der Waals surface area contributed by atoms with Crippen molar-refractivity contribution in [3.63, 3.8) is 0 Å². The van der Waals surface area contributed by atoms with E-state index in [2.05, 4.69) is 44.5 Å². The highest BCUT2D eigenvalue weighted by Crippen LogP contribution is 2.27. The van der Waals surface area contributed by atoms with Gasteiger partial charge in [-0.1, -0.05) is 46.0 Å². The molecule has 326 valence electrons. The Labute approximate surface area is 338 Å². The van der Waals surface area contributed by atoms with Crippen LogP contribution in [-0.4, -0.2) is 133 Å². The van der Waals surface area contributed by atoms with Crippen molar-refractivity contribution in [1.82, 2.24) is 31.9 Å². The summed E-state index contributed by atoms with van der Waals surface area (Å²) in [6.45, 7) is 4.21. The summed E-state index contributed by atoms with van der Waals surface area (Å²) >= 11 is 3.95. The monoisotopic (exact) mass is 846 g/mol. The lowest BCUT2D eigenvalue weighted by Gasteiger charge is -2.30. The Morgan fingerprint density at radius 1 is 0.552 bits per heavy atom. The molecular weight excluding hydrogens is 792 g/mol. The Morgan fingerprint density at radius 2 is 1.00 bits per heavy atom. The first-order valence-electron chi connectivity index (χ1n) is 18.6. The van der Waals surface area contributed by atoms with Gasteiger partial charge in [0.15, 0.2) is 5.92 Å². The zero-order chi connectivity index (χ0) is 44.3. The molecule has 0 aromatic rings. The first-order valence-corrected chi connectivity index (χ1v) is 19.2. The van der Waals surface area contributed by atoms with Gasteiger partial charge in [-0.05, 0) is 31.1 Å². The SMILES string of the molecule is CC(=O)N[C@@H](CC(=O)O)C(=O)N[C@@H](CC(C(=O)O)C(=O)O)C(=O)N[C@@H](CC(C)C)C(=O)N[C@@H](CCC(=O)O)C(=O)N[C@@H](CC1CCCCC1)C(=O)N[C@@H](CS)C(=O)O. The fraction of sp³-hybridized carbons (Fsp3) is 0.686. The molecule has 0 aromatic heterocycles. The molecule has 0 heterocycles. The zero-order valence-corrected chi connectivity index (χ0v) is 33.2. The number of nitrogens with one attached hydrogen (secondary N) is 6. The molecule has 0 bridgehead atoms. The van der Waals surface area contributed by atoms with E-state index in [-0.39, 0.29) is 24.5 Å². The molecule has 0 radical (unpaired) electrons. The maximum atomic E-state index is 13.8. The number of rotatable bonds is 26. The van der Waals surface area contributed by atoms with E-state index in [1.54, 1.807) is 13.8 Å². The van der Waals surface area contributed by atoms with Gasteiger partial charge in [0, 0.05) is 25.5 Å². The summed E-state index contributed by atoms with van der Waals surface area (Å²) in [6, 6.07) is -9.81. The van der Waals surface area contributed by atoms with Gasteiger partial charge in [-0.15, -0.1) is 0 Å². The van der Waals surface area contributed by atoms with Crippen molar-refractivity contribution in [2.24, 2.45) is 17.8 Å². The molecule has 6 amide bonds. The van der Waals surface area contributed by atoms with E-state index in [0.29, 0.717) is 0 Å². The van der Waals surface area contributed by atoms with Gasteiger partial charge < -0.3 is 57.4 Å². The van der Waals surface area contributed by atoms with Crippen LogP contribution in [0.25, 0.3) is 0 Å². The van der Waals surface area contributed by atoms with Gasteiger partial charge in [0.2, 0.25) is 35.4 Å². The Balaban J connectivity index is 3.50. The Hall–Kier alpha value is -5.48. The number of carbonyl (C=O) groups is 11. The maximum Gasteiger partial charge on any atom is 0.327 e. The highest BCUT2D eigenvalue weighted by Gasteiger charge is 2.38. The lowest BCUT2D eigenvalue weighted by atomic mass is 9.84. The van der Waals surface area contributed by atoms with E-state index in [0.717, 1.165) is 39.0 Å². The van der Waals surface area contributed by atoms with Crippen LogP contribution in [-0.2, 0) is 52.7 Å². The zero-order valence-electron chi connectivity index (χ0n) is 32.4. The van der Waals surface area contributed by atoms with Crippen LogP contribution in [0.4, 0.5) is 0 Å². The van der Waals surface area contributed by atoms with E-state index in [9.17, 15) is 78.3 Å². The van der Waals surface area contributed by atoms with Gasteiger partial charge >= 0.3 is 29.8 Å². The lowest BCUT2D eigenvalue weighted by molar-refractivity contribution is -0.155. The molecule has 0 saturated heterocycles. The van der Waals surface area contributed by atoms with Crippen LogP contribution < -0.4 is 31.9 Å². The highest BCUT2D eigenvalue weighted by molar-refractivity contribution is 7.80. The minimum absolute atomic E-state index is 0.0327. The van der Waals surface area contributed by atoms with Crippen molar-refractivity contribution in [1.29, 1.82) is 0 Å². The molecule has 6 atom stereocenters.